The van der Waals surface area contributed by atoms with Gasteiger partial charge in [0.25, 0.3) is 5.69 Å². The third kappa shape index (κ3) is 4.11. The van der Waals surface area contributed by atoms with E-state index in [1.54, 1.807) is 18.5 Å². The number of piperidine rings is 1. The Morgan fingerprint density at radius 3 is 2.92 bits per heavy atom. The standard InChI is InChI=1S/C18H23N5O2/c1-14-10-18(20-13-19-14)21(2)16-7-5-9-22(12-16)11-15-6-3-4-8-17(15)23(24)25/h3-4,6,8,10,13,16H,5,7,9,11-12H2,1-2H3. The Bertz CT molecular complexity index is 752. The molecule has 1 aliphatic rings. The van der Waals surface area contributed by atoms with Crippen molar-refractivity contribution in [3.8, 4) is 0 Å². The maximum absolute atomic E-state index is 11.2. The average Bonchev–Trinajstić information content (AvgIpc) is 2.61. The molecule has 1 fully saturated rings. The molecule has 0 amide bonds. The minimum Gasteiger partial charge on any atom is -0.355 e. The van der Waals surface area contributed by atoms with Crippen LogP contribution < -0.4 is 4.90 Å². The van der Waals surface area contributed by atoms with Crippen molar-refractivity contribution in [3.05, 3.63) is 58.0 Å². The normalized spacial score (nSPS) is 18.1. The molecule has 25 heavy (non-hydrogen) atoms. The first kappa shape index (κ1) is 17.3. The molecule has 1 saturated heterocycles. The van der Waals surface area contributed by atoms with E-state index in [0.717, 1.165) is 43.0 Å². The van der Waals surface area contributed by atoms with Crippen molar-refractivity contribution in [1.29, 1.82) is 0 Å². The van der Waals surface area contributed by atoms with E-state index in [1.807, 2.05) is 25.1 Å². The first-order chi connectivity index (χ1) is 12.0. The lowest BCUT2D eigenvalue weighted by Crippen LogP contribution is -2.46. The van der Waals surface area contributed by atoms with E-state index >= 15 is 0 Å². The second-order valence-electron chi connectivity index (χ2n) is 6.55. The number of rotatable bonds is 5. The number of anilines is 1. The van der Waals surface area contributed by atoms with Crippen LogP contribution in [0.25, 0.3) is 0 Å². The third-order valence-electron chi connectivity index (χ3n) is 4.76. The van der Waals surface area contributed by atoms with Crippen LogP contribution in [0.3, 0.4) is 0 Å². The predicted molar refractivity (Wildman–Crippen MR) is 96.6 cm³/mol. The fourth-order valence-corrected chi connectivity index (χ4v) is 3.37. The molecule has 0 aliphatic carbocycles. The number of nitro groups is 1. The first-order valence-corrected chi connectivity index (χ1v) is 8.50. The molecule has 7 nitrogen and oxygen atoms in total. The zero-order valence-electron chi connectivity index (χ0n) is 14.6. The summed E-state index contributed by atoms with van der Waals surface area (Å²) < 4.78 is 0. The molecule has 0 radical (unpaired) electrons. The number of para-hydroxylation sites is 1. The van der Waals surface area contributed by atoms with Crippen molar-refractivity contribution in [1.82, 2.24) is 14.9 Å². The number of likely N-dealkylation sites (tertiary alicyclic amines) is 1. The highest BCUT2D eigenvalue weighted by Crippen LogP contribution is 2.24. The van der Waals surface area contributed by atoms with Crippen LogP contribution in [0.15, 0.2) is 36.7 Å². The lowest BCUT2D eigenvalue weighted by Gasteiger charge is -2.38. The van der Waals surface area contributed by atoms with Crippen LogP contribution in [0.5, 0.6) is 0 Å². The monoisotopic (exact) mass is 341 g/mol. The number of benzene rings is 1. The molecule has 0 saturated carbocycles. The van der Waals surface area contributed by atoms with Gasteiger partial charge in [-0.2, -0.15) is 0 Å². The van der Waals surface area contributed by atoms with Crippen molar-refractivity contribution < 1.29 is 4.92 Å². The molecule has 0 spiro atoms. The molecule has 1 aromatic carbocycles. The number of aromatic nitrogens is 2. The van der Waals surface area contributed by atoms with Crippen molar-refractivity contribution in [2.75, 3.05) is 25.0 Å². The molecule has 132 valence electrons. The van der Waals surface area contributed by atoms with Crippen molar-refractivity contribution in [2.45, 2.75) is 32.4 Å². The van der Waals surface area contributed by atoms with Gasteiger partial charge in [0, 0.05) is 49.6 Å². The Morgan fingerprint density at radius 1 is 1.36 bits per heavy atom. The lowest BCUT2D eigenvalue weighted by atomic mass is 10.0. The highest BCUT2D eigenvalue weighted by molar-refractivity contribution is 5.40. The zero-order valence-corrected chi connectivity index (χ0v) is 14.6. The van der Waals surface area contributed by atoms with Gasteiger partial charge >= 0.3 is 0 Å². The van der Waals surface area contributed by atoms with Crippen LogP contribution in [0, 0.1) is 17.0 Å². The molecule has 2 aromatic rings. The molecular weight excluding hydrogens is 318 g/mol. The third-order valence-corrected chi connectivity index (χ3v) is 4.76. The number of aryl methyl sites for hydroxylation is 1. The lowest BCUT2D eigenvalue weighted by molar-refractivity contribution is -0.385. The number of hydrogen-bond donors (Lipinski definition) is 0. The summed E-state index contributed by atoms with van der Waals surface area (Å²) in [6, 6.07) is 9.32. The van der Waals surface area contributed by atoms with Crippen molar-refractivity contribution in [3.63, 3.8) is 0 Å². The molecule has 7 heteroatoms. The van der Waals surface area contributed by atoms with E-state index in [0.29, 0.717) is 12.6 Å². The van der Waals surface area contributed by atoms with Gasteiger partial charge in [0.2, 0.25) is 0 Å². The Hall–Kier alpha value is -2.54. The van der Waals surface area contributed by atoms with Crippen LogP contribution in [-0.2, 0) is 6.54 Å². The molecule has 0 N–H and O–H groups in total. The van der Waals surface area contributed by atoms with E-state index in [1.165, 1.54) is 0 Å². The number of likely N-dealkylation sites (N-methyl/N-ethyl adjacent to an activating group) is 1. The van der Waals surface area contributed by atoms with Gasteiger partial charge in [-0.1, -0.05) is 18.2 Å². The molecule has 1 aliphatic heterocycles. The molecule has 1 aromatic heterocycles. The SMILES string of the molecule is Cc1cc(N(C)C2CCCN(Cc3ccccc3[N+](=O)[O-])C2)ncn1. The zero-order chi connectivity index (χ0) is 17.8. The molecule has 1 atom stereocenters. The van der Waals surface area contributed by atoms with Crippen LogP contribution in [-0.4, -0.2) is 46.0 Å². The number of hydrogen-bond acceptors (Lipinski definition) is 6. The molecule has 0 bridgehead atoms. The largest absolute Gasteiger partial charge is 0.355 e. The second-order valence-corrected chi connectivity index (χ2v) is 6.55. The summed E-state index contributed by atoms with van der Waals surface area (Å²) in [7, 11) is 2.06. The van der Waals surface area contributed by atoms with Crippen LogP contribution >= 0.6 is 0 Å². The first-order valence-electron chi connectivity index (χ1n) is 8.50. The quantitative estimate of drug-likeness (QED) is 0.615. The van der Waals surface area contributed by atoms with Gasteiger partial charge in [-0.15, -0.1) is 0 Å². The van der Waals surface area contributed by atoms with Gasteiger partial charge in [-0.05, 0) is 26.3 Å². The topological polar surface area (TPSA) is 75.4 Å². The highest BCUT2D eigenvalue weighted by atomic mass is 16.6. The van der Waals surface area contributed by atoms with E-state index in [4.69, 9.17) is 0 Å². The smallest absolute Gasteiger partial charge is 0.273 e. The summed E-state index contributed by atoms with van der Waals surface area (Å²) in [4.78, 5) is 23.9. The van der Waals surface area contributed by atoms with Gasteiger partial charge in [-0.25, -0.2) is 9.97 Å². The summed E-state index contributed by atoms with van der Waals surface area (Å²) in [5.74, 6) is 0.921. The predicted octanol–water partition coefficient (Wildman–Crippen LogP) is 2.79. The van der Waals surface area contributed by atoms with Gasteiger partial charge < -0.3 is 4.90 Å². The van der Waals surface area contributed by atoms with Crippen molar-refractivity contribution in [2.24, 2.45) is 0 Å². The maximum Gasteiger partial charge on any atom is 0.273 e. The fourth-order valence-electron chi connectivity index (χ4n) is 3.37. The fraction of sp³-hybridized carbons (Fsp3) is 0.444. The van der Waals surface area contributed by atoms with Gasteiger partial charge in [0.1, 0.15) is 12.1 Å². The summed E-state index contributed by atoms with van der Waals surface area (Å²) in [6.07, 6.45) is 3.75. The molecule has 3 rings (SSSR count). The van der Waals surface area contributed by atoms with Crippen molar-refractivity contribution >= 4 is 11.5 Å². The Morgan fingerprint density at radius 2 is 2.16 bits per heavy atom. The second kappa shape index (κ2) is 7.57. The minimum atomic E-state index is -0.299. The Labute approximate surface area is 147 Å². The van der Waals surface area contributed by atoms with Gasteiger partial charge in [0.05, 0.1) is 4.92 Å². The van der Waals surface area contributed by atoms with E-state index in [2.05, 4.69) is 26.8 Å². The number of nitro benzene ring substituents is 1. The highest BCUT2D eigenvalue weighted by Gasteiger charge is 2.25. The molecular formula is C18H23N5O2. The Kier molecular flexibility index (Phi) is 5.23. The van der Waals surface area contributed by atoms with Crippen LogP contribution in [0.1, 0.15) is 24.1 Å². The summed E-state index contributed by atoms with van der Waals surface area (Å²) in [6.45, 7) is 4.38. The van der Waals surface area contributed by atoms with Gasteiger partial charge in [0.15, 0.2) is 0 Å². The summed E-state index contributed by atoms with van der Waals surface area (Å²) >= 11 is 0. The van der Waals surface area contributed by atoms with Crippen LogP contribution in [0.4, 0.5) is 11.5 Å². The summed E-state index contributed by atoms with van der Waals surface area (Å²) in [5, 5.41) is 11.2. The Balaban J connectivity index is 1.70. The van der Waals surface area contributed by atoms with E-state index in [-0.39, 0.29) is 10.6 Å². The van der Waals surface area contributed by atoms with Gasteiger partial charge in [-0.3, -0.25) is 15.0 Å². The summed E-state index contributed by atoms with van der Waals surface area (Å²) in [5.41, 5.74) is 1.92. The minimum absolute atomic E-state index is 0.199. The molecule has 1 unspecified atom stereocenters. The maximum atomic E-state index is 11.2. The number of nitrogens with zero attached hydrogens (tertiary/aromatic N) is 5. The molecule has 2 heterocycles. The van der Waals surface area contributed by atoms with E-state index < -0.39 is 0 Å². The van der Waals surface area contributed by atoms with E-state index in [9.17, 15) is 10.1 Å². The van der Waals surface area contributed by atoms with Crippen LogP contribution in [0.2, 0.25) is 0 Å². The average molecular weight is 341 g/mol.